The zero-order chi connectivity index (χ0) is 19.9. The molecule has 0 spiro atoms. The molecule has 6 nitrogen and oxygen atoms in total. The number of hydrogen-bond acceptors (Lipinski definition) is 3. The molecule has 2 aromatic carbocycles. The number of guanidine groups is 1. The first-order valence-corrected chi connectivity index (χ1v) is 9.50. The summed E-state index contributed by atoms with van der Waals surface area (Å²) in [7, 11) is 5.34. The first kappa shape index (κ1) is 23.0. The van der Waals surface area contributed by atoms with Crippen molar-refractivity contribution in [2.24, 2.45) is 4.99 Å². The second kappa shape index (κ2) is 11.0. The van der Waals surface area contributed by atoms with Gasteiger partial charge < -0.3 is 19.9 Å². The Morgan fingerprint density at radius 3 is 2.59 bits per heavy atom. The quantitative estimate of drug-likeness (QED) is 0.384. The molecule has 1 heterocycles. The molecular formula is C22H29IN4O2. The lowest BCUT2D eigenvalue weighted by Crippen LogP contribution is -2.46. The molecule has 0 unspecified atom stereocenters. The van der Waals surface area contributed by atoms with Crippen LogP contribution in [0.1, 0.15) is 16.7 Å². The van der Waals surface area contributed by atoms with Crippen molar-refractivity contribution in [2.45, 2.75) is 19.5 Å². The number of carbonyl (C=O) groups is 1. The number of nitrogens with one attached hydrogen (secondary N) is 1. The molecule has 3 rings (SSSR count). The van der Waals surface area contributed by atoms with Gasteiger partial charge in [-0.2, -0.15) is 0 Å². The summed E-state index contributed by atoms with van der Waals surface area (Å²) < 4.78 is 5.42. The minimum absolute atomic E-state index is 0. The number of fused-ring (bicyclic) bond motifs is 1. The highest BCUT2D eigenvalue weighted by Gasteiger charge is 2.20. The fraction of sp³-hybridized carbons (Fsp3) is 0.364. The predicted molar refractivity (Wildman–Crippen MR) is 127 cm³/mol. The van der Waals surface area contributed by atoms with E-state index in [9.17, 15) is 4.79 Å². The van der Waals surface area contributed by atoms with Gasteiger partial charge in [0.05, 0.1) is 13.7 Å². The van der Waals surface area contributed by atoms with Gasteiger partial charge in [0.2, 0.25) is 5.91 Å². The summed E-state index contributed by atoms with van der Waals surface area (Å²) in [4.78, 5) is 20.9. The van der Waals surface area contributed by atoms with E-state index in [0.717, 1.165) is 24.3 Å². The van der Waals surface area contributed by atoms with Gasteiger partial charge in [-0.25, -0.2) is 0 Å². The van der Waals surface area contributed by atoms with Crippen molar-refractivity contribution in [2.75, 3.05) is 34.3 Å². The maximum atomic E-state index is 12.7. The number of ether oxygens (including phenoxy) is 1. The standard InChI is InChI=1S/C22H28N4O2.HI/c1-23-22(25(2)15-19-10-6-7-11-20(19)28-3)24-14-21(27)26-13-12-17-8-4-5-9-18(17)16-26;/h4-11H,12-16H2,1-3H3,(H,23,24);1H. The van der Waals surface area contributed by atoms with Gasteiger partial charge in [0.15, 0.2) is 5.96 Å². The van der Waals surface area contributed by atoms with E-state index in [1.807, 2.05) is 47.2 Å². The number of benzene rings is 2. The molecule has 0 fully saturated rings. The summed E-state index contributed by atoms with van der Waals surface area (Å²) in [5.41, 5.74) is 3.64. The number of carbonyl (C=O) groups excluding carboxylic acids is 1. The minimum atomic E-state index is 0. The summed E-state index contributed by atoms with van der Waals surface area (Å²) in [5, 5.41) is 3.19. The smallest absolute Gasteiger partial charge is 0.242 e. The third-order valence-corrected chi connectivity index (χ3v) is 5.05. The second-order valence-electron chi connectivity index (χ2n) is 6.90. The Labute approximate surface area is 190 Å². The van der Waals surface area contributed by atoms with Crippen LogP contribution >= 0.6 is 24.0 Å². The molecule has 156 valence electrons. The van der Waals surface area contributed by atoms with Crippen LogP contribution < -0.4 is 10.1 Å². The lowest BCUT2D eigenvalue weighted by atomic mass is 10.00. The van der Waals surface area contributed by atoms with Gasteiger partial charge in [0, 0.05) is 39.3 Å². The first-order valence-electron chi connectivity index (χ1n) is 9.50. The number of amides is 1. The molecule has 0 atom stereocenters. The molecule has 0 saturated carbocycles. The third kappa shape index (κ3) is 5.85. The van der Waals surface area contributed by atoms with Gasteiger partial charge >= 0.3 is 0 Å². The van der Waals surface area contributed by atoms with Crippen LogP contribution in [0, 0.1) is 0 Å². The van der Waals surface area contributed by atoms with Crippen LogP contribution in [0.3, 0.4) is 0 Å². The van der Waals surface area contributed by atoms with Gasteiger partial charge in [-0.15, -0.1) is 24.0 Å². The van der Waals surface area contributed by atoms with Crippen LogP contribution in [0.5, 0.6) is 5.75 Å². The zero-order valence-corrected chi connectivity index (χ0v) is 19.6. The Morgan fingerprint density at radius 2 is 1.86 bits per heavy atom. The number of nitrogens with zero attached hydrogens (tertiary/aromatic N) is 3. The van der Waals surface area contributed by atoms with Crippen molar-refractivity contribution in [3.63, 3.8) is 0 Å². The summed E-state index contributed by atoms with van der Waals surface area (Å²) >= 11 is 0. The van der Waals surface area contributed by atoms with Crippen LogP contribution in [-0.4, -0.2) is 56.0 Å². The SMILES string of the molecule is CN=C(NCC(=O)N1CCc2ccccc2C1)N(C)Cc1ccccc1OC.I. The molecule has 1 aliphatic rings. The van der Waals surface area contributed by atoms with E-state index in [1.165, 1.54) is 11.1 Å². The second-order valence-corrected chi connectivity index (χ2v) is 6.90. The van der Waals surface area contributed by atoms with E-state index >= 15 is 0 Å². The Kier molecular flexibility index (Phi) is 8.75. The van der Waals surface area contributed by atoms with Crippen LogP contribution in [0.25, 0.3) is 0 Å². The molecule has 0 radical (unpaired) electrons. The minimum Gasteiger partial charge on any atom is -0.496 e. The van der Waals surface area contributed by atoms with Gasteiger partial charge in [0.25, 0.3) is 0 Å². The predicted octanol–water partition coefficient (Wildman–Crippen LogP) is 2.91. The van der Waals surface area contributed by atoms with E-state index in [-0.39, 0.29) is 36.4 Å². The average Bonchev–Trinajstić information content (AvgIpc) is 2.74. The monoisotopic (exact) mass is 508 g/mol. The maximum Gasteiger partial charge on any atom is 0.242 e. The Bertz CT molecular complexity index is 856. The lowest BCUT2D eigenvalue weighted by Gasteiger charge is -2.30. The van der Waals surface area contributed by atoms with Gasteiger partial charge in [-0.05, 0) is 23.6 Å². The molecule has 1 amide bonds. The summed E-state index contributed by atoms with van der Waals surface area (Å²) in [6, 6.07) is 16.2. The van der Waals surface area contributed by atoms with Crippen molar-refractivity contribution < 1.29 is 9.53 Å². The summed E-state index contributed by atoms with van der Waals surface area (Å²) in [6.45, 7) is 2.29. The largest absolute Gasteiger partial charge is 0.496 e. The molecular weight excluding hydrogens is 479 g/mol. The van der Waals surface area contributed by atoms with Crippen molar-refractivity contribution in [3.8, 4) is 5.75 Å². The fourth-order valence-corrected chi connectivity index (χ4v) is 3.52. The molecule has 0 aliphatic carbocycles. The van der Waals surface area contributed by atoms with Crippen LogP contribution in [0.4, 0.5) is 0 Å². The highest BCUT2D eigenvalue weighted by atomic mass is 127. The van der Waals surface area contributed by atoms with Gasteiger partial charge in [0.1, 0.15) is 5.75 Å². The average molecular weight is 508 g/mol. The van der Waals surface area contributed by atoms with Gasteiger partial charge in [-0.1, -0.05) is 42.5 Å². The summed E-state index contributed by atoms with van der Waals surface area (Å²) in [5.74, 6) is 1.60. The number of para-hydroxylation sites is 1. The van der Waals surface area contributed by atoms with Crippen molar-refractivity contribution in [1.29, 1.82) is 0 Å². The highest BCUT2D eigenvalue weighted by Crippen LogP contribution is 2.19. The Hall–Kier alpha value is -2.29. The Morgan fingerprint density at radius 1 is 1.17 bits per heavy atom. The van der Waals surface area contributed by atoms with Crippen LogP contribution in [0.15, 0.2) is 53.5 Å². The number of halogens is 1. The number of hydrogen-bond donors (Lipinski definition) is 1. The van der Waals surface area contributed by atoms with Crippen LogP contribution in [-0.2, 0) is 24.3 Å². The number of methoxy groups -OCH3 is 1. The van der Waals surface area contributed by atoms with Gasteiger partial charge in [-0.3, -0.25) is 9.79 Å². The Balaban J connectivity index is 0.00000300. The molecule has 1 aliphatic heterocycles. The first-order chi connectivity index (χ1) is 13.6. The van der Waals surface area contributed by atoms with E-state index in [1.54, 1.807) is 14.2 Å². The normalized spacial score (nSPS) is 13.2. The van der Waals surface area contributed by atoms with E-state index in [0.29, 0.717) is 19.0 Å². The fourth-order valence-electron chi connectivity index (χ4n) is 3.52. The molecule has 0 bridgehead atoms. The number of aliphatic imine (C=N–C) groups is 1. The molecule has 29 heavy (non-hydrogen) atoms. The molecule has 0 aromatic heterocycles. The van der Waals surface area contributed by atoms with Crippen molar-refractivity contribution in [3.05, 3.63) is 65.2 Å². The topological polar surface area (TPSA) is 57.2 Å². The van der Waals surface area contributed by atoms with Crippen LogP contribution in [0.2, 0.25) is 0 Å². The molecule has 2 aromatic rings. The van der Waals surface area contributed by atoms with Crippen molar-refractivity contribution >= 4 is 35.8 Å². The van der Waals surface area contributed by atoms with E-state index < -0.39 is 0 Å². The third-order valence-electron chi connectivity index (χ3n) is 5.05. The van der Waals surface area contributed by atoms with Crippen molar-refractivity contribution in [1.82, 2.24) is 15.1 Å². The highest BCUT2D eigenvalue weighted by molar-refractivity contribution is 14.0. The molecule has 0 saturated heterocycles. The maximum absolute atomic E-state index is 12.7. The summed E-state index contributed by atoms with van der Waals surface area (Å²) in [6.07, 6.45) is 0.907. The van der Waals surface area contributed by atoms with E-state index in [4.69, 9.17) is 4.74 Å². The zero-order valence-electron chi connectivity index (χ0n) is 17.2. The molecule has 7 heteroatoms. The lowest BCUT2D eigenvalue weighted by molar-refractivity contribution is -0.130. The van der Waals surface area contributed by atoms with E-state index in [2.05, 4.69) is 28.5 Å². The molecule has 1 N–H and O–H groups in total. The number of rotatable bonds is 5.